The van der Waals surface area contributed by atoms with Gasteiger partial charge in [-0.25, -0.2) is 0 Å². The van der Waals surface area contributed by atoms with E-state index in [-0.39, 0.29) is 5.91 Å². The summed E-state index contributed by atoms with van der Waals surface area (Å²) in [6.45, 7) is 6.85. The number of ether oxygens (including phenoxy) is 1. The number of nitrogens with one attached hydrogen (secondary N) is 1. The van der Waals surface area contributed by atoms with Gasteiger partial charge in [-0.3, -0.25) is 4.79 Å². The molecule has 1 aromatic rings. The Balaban J connectivity index is 1.89. The van der Waals surface area contributed by atoms with E-state index in [2.05, 4.69) is 11.4 Å². The fourth-order valence-electron chi connectivity index (χ4n) is 3.06. The molecule has 1 aliphatic carbocycles. The molecule has 1 saturated carbocycles. The zero-order valence-electron chi connectivity index (χ0n) is 14.2. The summed E-state index contributed by atoms with van der Waals surface area (Å²) in [5, 5.41) is 3.09. The zero-order valence-corrected chi connectivity index (χ0v) is 14.2. The van der Waals surface area contributed by atoms with Crippen molar-refractivity contribution in [2.75, 3.05) is 6.54 Å². The van der Waals surface area contributed by atoms with E-state index in [4.69, 9.17) is 4.74 Å². The smallest absolute Gasteiger partial charge is 0.261 e. The van der Waals surface area contributed by atoms with E-state index in [9.17, 15) is 4.79 Å². The number of hydrogen-bond donors (Lipinski definition) is 1. The molecule has 1 N–H and O–H groups in total. The Labute approximate surface area is 134 Å². The van der Waals surface area contributed by atoms with Crippen LogP contribution in [-0.2, 0) is 4.79 Å². The minimum absolute atomic E-state index is 0.0222. The van der Waals surface area contributed by atoms with Crippen molar-refractivity contribution in [1.82, 2.24) is 5.32 Å². The number of rotatable bonds is 6. The first-order valence-corrected chi connectivity index (χ1v) is 8.61. The van der Waals surface area contributed by atoms with Gasteiger partial charge in [0.2, 0.25) is 0 Å². The van der Waals surface area contributed by atoms with Crippen LogP contribution in [-0.4, -0.2) is 18.6 Å². The first kappa shape index (κ1) is 16.9. The Kier molecular flexibility index (Phi) is 6.29. The van der Waals surface area contributed by atoms with Crippen LogP contribution in [0.5, 0.6) is 5.75 Å². The molecule has 22 heavy (non-hydrogen) atoms. The van der Waals surface area contributed by atoms with Gasteiger partial charge in [0.05, 0.1) is 0 Å². The number of benzene rings is 1. The third-order valence-corrected chi connectivity index (χ3v) is 4.57. The zero-order chi connectivity index (χ0) is 15.9. The Morgan fingerprint density at radius 3 is 2.68 bits per heavy atom. The molecular weight excluding hydrogens is 274 g/mol. The third kappa shape index (κ3) is 4.75. The van der Waals surface area contributed by atoms with Gasteiger partial charge in [0.15, 0.2) is 6.10 Å². The highest BCUT2D eigenvalue weighted by Crippen LogP contribution is 2.23. The van der Waals surface area contributed by atoms with Crippen LogP contribution in [0.4, 0.5) is 0 Å². The maximum absolute atomic E-state index is 12.4. The SMILES string of the molecule is CC[C@H](Oc1cc(C)ccc1C)C(=O)NCC1CCCCC1. The lowest BCUT2D eigenvalue weighted by Crippen LogP contribution is -2.40. The molecule has 3 nitrogen and oxygen atoms in total. The Morgan fingerprint density at radius 2 is 2.00 bits per heavy atom. The summed E-state index contributed by atoms with van der Waals surface area (Å²) in [4.78, 5) is 12.4. The van der Waals surface area contributed by atoms with Gasteiger partial charge in [0.1, 0.15) is 5.75 Å². The molecule has 0 unspecified atom stereocenters. The average Bonchev–Trinajstić information content (AvgIpc) is 2.54. The van der Waals surface area contributed by atoms with Gasteiger partial charge in [0, 0.05) is 6.54 Å². The molecule has 1 amide bonds. The first-order chi connectivity index (χ1) is 10.6. The van der Waals surface area contributed by atoms with Crippen LogP contribution in [0.1, 0.15) is 56.6 Å². The number of amides is 1. The number of carbonyl (C=O) groups excluding carboxylic acids is 1. The quantitative estimate of drug-likeness (QED) is 0.857. The van der Waals surface area contributed by atoms with Gasteiger partial charge in [-0.05, 0) is 56.2 Å². The van der Waals surface area contributed by atoms with Crippen molar-refractivity contribution >= 4 is 5.91 Å². The highest BCUT2D eigenvalue weighted by Gasteiger charge is 2.21. The van der Waals surface area contributed by atoms with Crippen molar-refractivity contribution in [1.29, 1.82) is 0 Å². The standard InChI is InChI=1S/C19H29NO2/c1-4-17(22-18-12-14(2)10-11-15(18)3)19(21)20-13-16-8-6-5-7-9-16/h10-12,16-17H,4-9,13H2,1-3H3,(H,20,21)/t17-/m0/s1. The van der Waals surface area contributed by atoms with Gasteiger partial charge in [0.25, 0.3) is 5.91 Å². The third-order valence-electron chi connectivity index (χ3n) is 4.57. The van der Waals surface area contributed by atoms with E-state index in [0.717, 1.165) is 23.4 Å². The molecular formula is C19H29NO2. The monoisotopic (exact) mass is 303 g/mol. The Bertz CT molecular complexity index is 492. The molecule has 2 rings (SSSR count). The molecule has 0 aliphatic heterocycles. The molecule has 0 spiro atoms. The Hall–Kier alpha value is -1.51. The molecule has 0 heterocycles. The van der Waals surface area contributed by atoms with Gasteiger partial charge in [-0.2, -0.15) is 0 Å². The molecule has 0 saturated heterocycles. The van der Waals surface area contributed by atoms with Crippen molar-refractivity contribution in [2.24, 2.45) is 5.92 Å². The van der Waals surface area contributed by atoms with E-state index in [1.54, 1.807) is 0 Å². The Morgan fingerprint density at radius 1 is 1.27 bits per heavy atom. The second-order valence-corrected chi connectivity index (χ2v) is 6.53. The van der Waals surface area contributed by atoms with Crippen LogP contribution >= 0.6 is 0 Å². The van der Waals surface area contributed by atoms with Crippen LogP contribution in [0.25, 0.3) is 0 Å². The summed E-state index contributed by atoms with van der Waals surface area (Å²) < 4.78 is 5.96. The van der Waals surface area contributed by atoms with Crippen LogP contribution in [0.15, 0.2) is 18.2 Å². The summed E-state index contributed by atoms with van der Waals surface area (Å²) in [5.41, 5.74) is 2.22. The lowest BCUT2D eigenvalue weighted by atomic mass is 9.89. The maximum atomic E-state index is 12.4. The van der Waals surface area contributed by atoms with Crippen molar-refractivity contribution in [3.8, 4) is 5.75 Å². The van der Waals surface area contributed by atoms with E-state index in [1.807, 2.05) is 32.9 Å². The molecule has 0 aromatic heterocycles. The minimum Gasteiger partial charge on any atom is -0.480 e. The topological polar surface area (TPSA) is 38.3 Å². The van der Waals surface area contributed by atoms with E-state index in [0.29, 0.717) is 12.3 Å². The molecule has 0 bridgehead atoms. The minimum atomic E-state index is -0.399. The fourth-order valence-corrected chi connectivity index (χ4v) is 3.06. The first-order valence-electron chi connectivity index (χ1n) is 8.61. The molecule has 1 fully saturated rings. The highest BCUT2D eigenvalue weighted by atomic mass is 16.5. The summed E-state index contributed by atoms with van der Waals surface area (Å²) in [7, 11) is 0. The van der Waals surface area contributed by atoms with Crippen LogP contribution in [0.3, 0.4) is 0 Å². The van der Waals surface area contributed by atoms with Crippen molar-refractivity contribution in [2.45, 2.75) is 65.4 Å². The van der Waals surface area contributed by atoms with Crippen molar-refractivity contribution < 1.29 is 9.53 Å². The van der Waals surface area contributed by atoms with Gasteiger partial charge in [-0.1, -0.05) is 38.3 Å². The normalized spacial score (nSPS) is 17.0. The predicted octanol–water partition coefficient (Wildman–Crippen LogP) is 4.16. The molecule has 1 aromatic carbocycles. The summed E-state index contributed by atoms with van der Waals surface area (Å²) in [6.07, 6.45) is 6.72. The maximum Gasteiger partial charge on any atom is 0.261 e. The largest absolute Gasteiger partial charge is 0.480 e. The predicted molar refractivity (Wildman–Crippen MR) is 90.2 cm³/mol. The van der Waals surface area contributed by atoms with E-state index >= 15 is 0 Å². The van der Waals surface area contributed by atoms with Crippen LogP contribution < -0.4 is 10.1 Å². The highest BCUT2D eigenvalue weighted by molar-refractivity contribution is 5.81. The number of hydrogen-bond acceptors (Lipinski definition) is 2. The molecule has 1 atom stereocenters. The van der Waals surface area contributed by atoms with Crippen LogP contribution in [0, 0.1) is 19.8 Å². The second kappa shape index (κ2) is 8.21. The molecule has 0 radical (unpaired) electrons. The van der Waals surface area contributed by atoms with Gasteiger partial charge in [-0.15, -0.1) is 0 Å². The number of carbonyl (C=O) groups is 1. The van der Waals surface area contributed by atoms with Crippen LogP contribution in [0.2, 0.25) is 0 Å². The second-order valence-electron chi connectivity index (χ2n) is 6.53. The van der Waals surface area contributed by atoms with Crippen molar-refractivity contribution in [3.05, 3.63) is 29.3 Å². The summed E-state index contributed by atoms with van der Waals surface area (Å²) in [5.74, 6) is 1.49. The molecule has 122 valence electrons. The van der Waals surface area contributed by atoms with Gasteiger partial charge < -0.3 is 10.1 Å². The summed E-state index contributed by atoms with van der Waals surface area (Å²) in [6, 6.07) is 6.11. The molecule has 1 aliphatic rings. The van der Waals surface area contributed by atoms with Gasteiger partial charge >= 0.3 is 0 Å². The summed E-state index contributed by atoms with van der Waals surface area (Å²) >= 11 is 0. The van der Waals surface area contributed by atoms with E-state index < -0.39 is 6.10 Å². The lowest BCUT2D eigenvalue weighted by molar-refractivity contribution is -0.128. The molecule has 3 heteroatoms. The van der Waals surface area contributed by atoms with Crippen molar-refractivity contribution in [3.63, 3.8) is 0 Å². The fraction of sp³-hybridized carbons (Fsp3) is 0.632. The number of aryl methyl sites for hydroxylation is 2. The lowest BCUT2D eigenvalue weighted by Gasteiger charge is -2.24. The van der Waals surface area contributed by atoms with E-state index in [1.165, 1.54) is 32.1 Å². The average molecular weight is 303 g/mol.